The predicted octanol–water partition coefficient (Wildman–Crippen LogP) is 3.94. The molecule has 0 saturated carbocycles. The number of hydrogen-bond donors (Lipinski definition) is 1. The van der Waals surface area contributed by atoms with E-state index in [0.29, 0.717) is 17.4 Å². The van der Waals surface area contributed by atoms with Crippen molar-refractivity contribution >= 4 is 26.0 Å². The summed E-state index contributed by atoms with van der Waals surface area (Å²) < 4.78 is 27.8. The standard InChI is InChI=1S/C14H22BrNO2S/c1-3-5-6-12(4-2)11-16-19(17,18)14-9-7-13(15)8-10-14/h7-10,12,16H,3-6,11H2,1-2H3/t12-/m0/s1. The van der Waals surface area contributed by atoms with E-state index in [4.69, 9.17) is 0 Å². The zero-order chi connectivity index (χ0) is 14.3. The lowest BCUT2D eigenvalue weighted by molar-refractivity contribution is 0.444. The van der Waals surface area contributed by atoms with Crippen LogP contribution in [0.4, 0.5) is 0 Å². The maximum absolute atomic E-state index is 12.1. The third-order valence-corrected chi connectivity index (χ3v) is 5.20. The first kappa shape index (κ1) is 16.7. The summed E-state index contributed by atoms with van der Waals surface area (Å²) in [5.41, 5.74) is 0. The van der Waals surface area contributed by atoms with Gasteiger partial charge in [-0.15, -0.1) is 0 Å². The topological polar surface area (TPSA) is 46.2 Å². The minimum absolute atomic E-state index is 0.320. The molecule has 0 amide bonds. The lowest BCUT2D eigenvalue weighted by Crippen LogP contribution is -2.29. The van der Waals surface area contributed by atoms with Crippen molar-refractivity contribution < 1.29 is 8.42 Å². The lowest BCUT2D eigenvalue weighted by Gasteiger charge is -2.15. The number of nitrogens with one attached hydrogen (secondary N) is 1. The Hall–Kier alpha value is -0.390. The summed E-state index contributed by atoms with van der Waals surface area (Å²) in [5.74, 6) is 0.421. The van der Waals surface area contributed by atoms with Crippen LogP contribution in [0, 0.1) is 5.92 Å². The Labute approximate surface area is 125 Å². The molecule has 1 atom stereocenters. The number of benzene rings is 1. The van der Waals surface area contributed by atoms with Crippen LogP contribution in [-0.4, -0.2) is 15.0 Å². The van der Waals surface area contributed by atoms with Crippen LogP contribution in [0.5, 0.6) is 0 Å². The maximum atomic E-state index is 12.1. The summed E-state index contributed by atoms with van der Waals surface area (Å²) >= 11 is 3.30. The highest BCUT2D eigenvalue weighted by atomic mass is 79.9. The molecule has 108 valence electrons. The van der Waals surface area contributed by atoms with Crippen molar-refractivity contribution in [3.63, 3.8) is 0 Å². The van der Waals surface area contributed by atoms with Gasteiger partial charge in [0.2, 0.25) is 10.0 Å². The van der Waals surface area contributed by atoms with Crippen molar-refractivity contribution in [3.05, 3.63) is 28.7 Å². The van der Waals surface area contributed by atoms with Crippen LogP contribution >= 0.6 is 15.9 Å². The normalized spacial score (nSPS) is 13.4. The molecule has 0 fully saturated rings. The monoisotopic (exact) mass is 347 g/mol. The summed E-state index contributed by atoms with van der Waals surface area (Å²) in [5, 5.41) is 0. The van der Waals surface area contributed by atoms with Crippen LogP contribution < -0.4 is 4.72 Å². The van der Waals surface area contributed by atoms with Gasteiger partial charge in [-0.25, -0.2) is 13.1 Å². The third-order valence-electron chi connectivity index (χ3n) is 3.23. The van der Waals surface area contributed by atoms with Crippen LogP contribution in [-0.2, 0) is 10.0 Å². The molecule has 0 aliphatic rings. The van der Waals surface area contributed by atoms with Gasteiger partial charge in [0, 0.05) is 11.0 Å². The van der Waals surface area contributed by atoms with Gasteiger partial charge < -0.3 is 0 Å². The van der Waals surface area contributed by atoms with E-state index in [2.05, 4.69) is 34.5 Å². The Balaban J connectivity index is 2.61. The smallest absolute Gasteiger partial charge is 0.211 e. The predicted molar refractivity (Wildman–Crippen MR) is 82.6 cm³/mol. The molecule has 5 heteroatoms. The summed E-state index contributed by atoms with van der Waals surface area (Å²) in [7, 11) is -3.38. The first-order chi connectivity index (χ1) is 8.99. The minimum atomic E-state index is -3.38. The first-order valence-corrected chi connectivity index (χ1v) is 9.02. The summed E-state index contributed by atoms with van der Waals surface area (Å²) in [6.07, 6.45) is 4.38. The van der Waals surface area contributed by atoms with Crippen molar-refractivity contribution in [1.82, 2.24) is 4.72 Å². The number of hydrogen-bond acceptors (Lipinski definition) is 2. The van der Waals surface area contributed by atoms with E-state index >= 15 is 0 Å². The molecule has 0 aliphatic heterocycles. The fourth-order valence-corrected chi connectivity index (χ4v) is 3.25. The molecular weight excluding hydrogens is 326 g/mol. The minimum Gasteiger partial charge on any atom is -0.211 e. The zero-order valence-corrected chi connectivity index (χ0v) is 13.9. The quantitative estimate of drug-likeness (QED) is 0.773. The van der Waals surface area contributed by atoms with Crippen molar-refractivity contribution in [3.8, 4) is 0 Å². The largest absolute Gasteiger partial charge is 0.240 e. The molecule has 0 saturated heterocycles. The average Bonchev–Trinajstić information content (AvgIpc) is 2.39. The first-order valence-electron chi connectivity index (χ1n) is 6.74. The molecule has 19 heavy (non-hydrogen) atoms. The van der Waals surface area contributed by atoms with E-state index in [1.807, 2.05) is 0 Å². The van der Waals surface area contributed by atoms with Gasteiger partial charge in [-0.2, -0.15) is 0 Å². The molecular formula is C14H22BrNO2S. The Morgan fingerprint density at radius 1 is 1.21 bits per heavy atom. The molecule has 1 rings (SSSR count). The van der Waals surface area contributed by atoms with Gasteiger partial charge in [0.05, 0.1) is 4.90 Å². The molecule has 0 radical (unpaired) electrons. The molecule has 0 heterocycles. The molecule has 1 N–H and O–H groups in total. The molecule has 1 aromatic carbocycles. The number of halogens is 1. The van der Waals surface area contributed by atoms with Gasteiger partial charge in [-0.1, -0.05) is 49.0 Å². The molecule has 3 nitrogen and oxygen atoms in total. The molecule has 1 aromatic rings. The molecule has 0 unspecified atom stereocenters. The van der Waals surface area contributed by atoms with Crippen molar-refractivity contribution in [1.29, 1.82) is 0 Å². The van der Waals surface area contributed by atoms with Gasteiger partial charge in [0.15, 0.2) is 0 Å². The molecule has 0 aromatic heterocycles. The highest BCUT2D eigenvalue weighted by Crippen LogP contribution is 2.16. The van der Waals surface area contributed by atoms with E-state index in [9.17, 15) is 8.42 Å². The fourth-order valence-electron chi connectivity index (χ4n) is 1.87. The zero-order valence-electron chi connectivity index (χ0n) is 11.5. The van der Waals surface area contributed by atoms with E-state index in [1.165, 1.54) is 0 Å². The van der Waals surface area contributed by atoms with Crippen LogP contribution in [0.15, 0.2) is 33.6 Å². The summed E-state index contributed by atoms with van der Waals surface area (Å²) in [4.78, 5) is 0.320. The molecule has 0 spiro atoms. The van der Waals surface area contributed by atoms with Gasteiger partial charge in [0.1, 0.15) is 0 Å². The second kappa shape index (κ2) is 8.02. The number of rotatable bonds is 8. The van der Waals surface area contributed by atoms with Crippen LogP contribution in [0.25, 0.3) is 0 Å². The third kappa shape index (κ3) is 5.63. The Morgan fingerprint density at radius 2 is 1.84 bits per heavy atom. The average molecular weight is 348 g/mol. The Bertz CT molecular complexity index is 471. The second-order valence-corrected chi connectivity index (χ2v) is 7.40. The van der Waals surface area contributed by atoms with Crippen molar-refractivity contribution in [2.75, 3.05) is 6.54 Å². The maximum Gasteiger partial charge on any atom is 0.240 e. The van der Waals surface area contributed by atoms with Crippen LogP contribution in [0.1, 0.15) is 39.5 Å². The molecule has 0 aliphatic carbocycles. The van der Waals surface area contributed by atoms with Crippen molar-refractivity contribution in [2.24, 2.45) is 5.92 Å². The van der Waals surface area contributed by atoms with Gasteiger partial charge in [-0.3, -0.25) is 0 Å². The second-order valence-electron chi connectivity index (χ2n) is 4.72. The SMILES string of the molecule is CCCC[C@H](CC)CNS(=O)(=O)c1ccc(Br)cc1. The van der Waals surface area contributed by atoms with Crippen LogP contribution in [0.2, 0.25) is 0 Å². The fraction of sp³-hybridized carbons (Fsp3) is 0.571. The van der Waals surface area contributed by atoms with Gasteiger partial charge >= 0.3 is 0 Å². The summed E-state index contributed by atoms with van der Waals surface area (Å²) in [6, 6.07) is 6.70. The van der Waals surface area contributed by atoms with E-state index in [1.54, 1.807) is 24.3 Å². The summed E-state index contributed by atoms with van der Waals surface area (Å²) in [6.45, 7) is 4.78. The highest BCUT2D eigenvalue weighted by Gasteiger charge is 2.15. The highest BCUT2D eigenvalue weighted by molar-refractivity contribution is 9.10. The van der Waals surface area contributed by atoms with Gasteiger partial charge in [0.25, 0.3) is 0 Å². The van der Waals surface area contributed by atoms with Crippen LogP contribution in [0.3, 0.4) is 0 Å². The Kier molecular flexibility index (Phi) is 7.04. The van der Waals surface area contributed by atoms with Crippen molar-refractivity contribution in [2.45, 2.75) is 44.4 Å². The lowest BCUT2D eigenvalue weighted by atomic mass is 10.00. The van der Waals surface area contributed by atoms with E-state index in [0.717, 1.165) is 30.2 Å². The van der Waals surface area contributed by atoms with Gasteiger partial charge in [-0.05, 0) is 36.6 Å². The molecule has 0 bridgehead atoms. The van der Waals surface area contributed by atoms with E-state index < -0.39 is 10.0 Å². The van der Waals surface area contributed by atoms with E-state index in [-0.39, 0.29) is 0 Å². The number of sulfonamides is 1. The number of unbranched alkanes of at least 4 members (excludes halogenated alkanes) is 1. The Morgan fingerprint density at radius 3 is 2.37 bits per heavy atom.